The fraction of sp³-hybridized carbons (Fsp3) is 0.625. The highest BCUT2D eigenvalue weighted by Crippen LogP contribution is 2.58. The van der Waals surface area contributed by atoms with Gasteiger partial charge >= 0.3 is 0 Å². The fourth-order valence-corrected chi connectivity index (χ4v) is 3.84. The molecule has 2 atom stereocenters. The molecule has 0 radical (unpaired) electrons. The molecule has 0 saturated heterocycles. The lowest BCUT2D eigenvalue weighted by atomic mass is 9.51. The zero-order chi connectivity index (χ0) is 13.5. The molecule has 0 heterocycles. The number of aryl methyl sites for hydroxylation is 1. The van der Waals surface area contributed by atoms with Crippen LogP contribution in [0, 0.1) is 12.3 Å². The van der Waals surface area contributed by atoms with E-state index in [1.54, 1.807) is 0 Å². The van der Waals surface area contributed by atoms with E-state index in [9.17, 15) is 0 Å². The SMILES string of the molecule is CCOC1CC(Nc2ccc(Cl)cc2C)C12CCC2. The van der Waals surface area contributed by atoms with Crippen LogP contribution in [0.5, 0.6) is 0 Å². The van der Waals surface area contributed by atoms with Gasteiger partial charge in [0.2, 0.25) is 0 Å². The summed E-state index contributed by atoms with van der Waals surface area (Å²) in [6.45, 7) is 5.04. The van der Waals surface area contributed by atoms with Crippen molar-refractivity contribution >= 4 is 17.3 Å². The van der Waals surface area contributed by atoms with Gasteiger partial charge in [-0.05, 0) is 56.9 Å². The maximum absolute atomic E-state index is 6.01. The number of halogens is 1. The number of hydrogen-bond donors (Lipinski definition) is 1. The summed E-state index contributed by atoms with van der Waals surface area (Å²) in [6.07, 6.45) is 5.57. The number of rotatable bonds is 4. The number of nitrogens with one attached hydrogen (secondary N) is 1. The van der Waals surface area contributed by atoms with Gasteiger partial charge in [-0.25, -0.2) is 0 Å². The molecule has 0 aromatic heterocycles. The molecule has 0 amide bonds. The topological polar surface area (TPSA) is 21.3 Å². The highest BCUT2D eigenvalue weighted by Gasteiger charge is 2.58. The quantitative estimate of drug-likeness (QED) is 0.882. The zero-order valence-corrected chi connectivity index (χ0v) is 12.5. The normalized spacial score (nSPS) is 27.7. The molecule has 1 spiro atoms. The highest BCUT2D eigenvalue weighted by atomic mass is 35.5. The summed E-state index contributed by atoms with van der Waals surface area (Å²) < 4.78 is 5.89. The van der Waals surface area contributed by atoms with Crippen LogP contribution >= 0.6 is 11.6 Å². The van der Waals surface area contributed by atoms with Crippen molar-refractivity contribution in [1.82, 2.24) is 0 Å². The Bertz CT molecular complexity index is 470. The second-order valence-corrected chi connectivity index (χ2v) is 6.36. The van der Waals surface area contributed by atoms with Gasteiger partial charge in [0.15, 0.2) is 0 Å². The minimum Gasteiger partial charge on any atom is -0.381 e. The van der Waals surface area contributed by atoms with Gasteiger partial charge in [0.25, 0.3) is 0 Å². The Hall–Kier alpha value is -0.730. The Labute approximate surface area is 120 Å². The maximum atomic E-state index is 6.01. The molecule has 19 heavy (non-hydrogen) atoms. The lowest BCUT2D eigenvalue weighted by molar-refractivity contribution is -0.157. The fourth-order valence-electron chi connectivity index (χ4n) is 3.62. The highest BCUT2D eigenvalue weighted by molar-refractivity contribution is 6.30. The first-order chi connectivity index (χ1) is 9.15. The van der Waals surface area contributed by atoms with Crippen LogP contribution in [-0.2, 0) is 4.74 Å². The standard InChI is InChI=1S/C16H22ClNO/c1-3-19-15-10-14(16(15)7-4-8-16)18-13-6-5-12(17)9-11(13)2/h5-6,9,14-15,18H,3-4,7-8,10H2,1-2H3. The van der Waals surface area contributed by atoms with Crippen molar-refractivity contribution in [3.63, 3.8) is 0 Å². The van der Waals surface area contributed by atoms with Gasteiger partial charge in [-0.2, -0.15) is 0 Å². The van der Waals surface area contributed by atoms with Crippen LogP contribution in [0.3, 0.4) is 0 Å². The van der Waals surface area contributed by atoms with Crippen LogP contribution in [-0.4, -0.2) is 18.8 Å². The molecule has 2 fully saturated rings. The van der Waals surface area contributed by atoms with E-state index in [1.165, 1.54) is 30.5 Å². The lowest BCUT2D eigenvalue weighted by Gasteiger charge is -2.61. The van der Waals surface area contributed by atoms with E-state index in [2.05, 4.69) is 25.2 Å². The largest absolute Gasteiger partial charge is 0.381 e. The molecule has 0 aliphatic heterocycles. The predicted molar refractivity (Wildman–Crippen MR) is 79.9 cm³/mol. The van der Waals surface area contributed by atoms with Crippen LogP contribution in [0.4, 0.5) is 5.69 Å². The van der Waals surface area contributed by atoms with Crippen LogP contribution in [0.1, 0.15) is 38.2 Å². The molecule has 2 unspecified atom stereocenters. The van der Waals surface area contributed by atoms with E-state index in [0.29, 0.717) is 17.6 Å². The molecule has 2 nitrogen and oxygen atoms in total. The summed E-state index contributed by atoms with van der Waals surface area (Å²) in [5, 5.41) is 4.52. The first-order valence-electron chi connectivity index (χ1n) is 7.30. The predicted octanol–water partition coefficient (Wildman–Crippen LogP) is 4.41. The van der Waals surface area contributed by atoms with E-state index < -0.39 is 0 Å². The summed E-state index contributed by atoms with van der Waals surface area (Å²) in [6, 6.07) is 6.65. The second kappa shape index (κ2) is 4.99. The minimum absolute atomic E-state index is 0.405. The summed E-state index contributed by atoms with van der Waals surface area (Å²) >= 11 is 6.01. The summed E-state index contributed by atoms with van der Waals surface area (Å²) in [5.74, 6) is 0. The van der Waals surface area contributed by atoms with Crippen LogP contribution < -0.4 is 5.32 Å². The molecule has 1 N–H and O–H groups in total. The van der Waals surface area contributed by atoms with Crippen molar-refractivity contribution in [3.8, 4) is 0 Å². The average Bonchev–Trinajstić information content (AvgIpc) is 2.28. The Morgan fingerprint density at radius 1 is 1.42 bits per heavy atom. The summed E-state index contributed by atoms with van der Waals surface area (Å²) in [7, 11) is 0. The Balaban J connectivity index is 1.71. The average molecular weight is 280 g/mol. The van der Waals surface area contributed by atoms with Gasteiger partial charge in [-0.3, -0.25) is 0 Å². The third-order valence-corrected chi connectivity index (χ3v) is 5.19. The van der Waals surface area contributed by atoms with Crippen LogP contribution in [0.2, 0.25) is 5.02 Å². The minimum atomic E-state index is 0.405. The second-order valence-electron chi connectivity index (χ2n) is 5.92. The molecular weight excluding hydrogens is 258 g/mol. The molecule has 1 aromatic rings. The van der Waals surface area contributed by atoms with E-state index in [1.807, 2.05) is 12.1 Å². The van der Waals surface area contributed by atoms with Crippen LogP contribution in [0.15, 0.2) is 18.2 Å². The number of ether oxygens (including phenoxy) is 1. The third kappa shape index (κ3) is 2.15. The molecule has 2 aliphatic rings. The number of hydrogen-bond acceptors (Lipinski definition) is 2. The molecule has 2 aliphatic carbocycles. The monoisotopic (exact) mass is 279 g/mol. The molecular formula is C16H22ClNO. The van der Waals surface area contributed by atoms with E-state index in [4.69, 9.17) is 16.3 Å². The number of anilines is 1. The zero-order valence-electron chi connectivity index (χ0n) is 11.7. The van der Waals surface area contributed by atoms with Gasteiger partial charge in [-0.1, -0.05) is 18.0 Å². The van der Waals surface area contributed by atoms with Gasteiger partial charge in [0.1, 0.15) is 0 Å². The van der Waals surface area contributed by atoms with Crippen molar-refractivity contribution in [2.75, 3.05) is 11.9 Å². The van der Waals surface area contributed by atoms with E-state index in [0.717, 1.165) is 18.1 Å². The first kappa shape index (κ1) is 13.3. The molecule has 104 valence electrons. The van der Waals surface area contributed by atoms with Crippen LogP contribution in [0.25, 0.3) is 0 Å². The maximum Gasteiger partial charge on any atom is 0.0670 e. The van der Waals surface area contributed by atoms with E-state index >= 15 is 0 Å². The Morgan fingerprint density at radius 2 is 2.21 bits per heavy atom. The number of benzene rings is 1. The Kier molecular flexibility index (Phi) is 3.48. The molecule has 2 saturated carbocycles. The van der Waals surface area contributed by atoms with Crippen molar-refractivity contribution in [2.24, 2.45) is 5.41 Å². The van der Waals surface area contributed by atoms with Crippen molar-refractivity contribution in [2.45, 2.75) is 51.7 Å². The molecule has 0 bridgehead atoms. The first-order valence-corrected chi connectivity index (χ1v) is 7.68. The smallest absolute Gasteiger partial charge is 0.0670 e. The molecule has 1 aromatic carbocycles. The van der Waals surface area contributed by atoms with Crippen molar-refractivity contribution < 1.29 is 4.74 Å². The van der Waals surface area contributed by atoms with Gasteiger partial charge in [-0.15, -0.1) is 0 Å². The molecule has 3 heteroatoms. The molecule has 3 rings (SSSR count). The van der Waals surface area contributed by atoms with Gasteiger partial charge in [0, 0.05) is 28.8 Å². The van der Waals surface area contributed by atoms with Gasteiger partial charge < -0.3 is 10.1 Å². The van der Waals surface area contributed by atoms with Crippen molar-refractivity contribution in [3.05, 3.63) is 28.8 Å². The summed E-state index contributed by atoms with van der Waals surface area (Å²) in [5.41, 5.74) is 2.85. The Morgan fingerprint density at radius 3 is 2.79 bits per heavy atom. The van der Waals surface area contributed by atoms with Crippen molar-refractivity contribution in [1.29, 1.82) is 0 Å². The lowest BCUT2D eigenvalue weighted by Crippen LogP contribution is -2.64. The summed E-state index contributed by atoms with van der Waals surface area (Å²) in [4.78, 5) is 0. The van der Waals surface area contributed by atoms with E-state index in [-0.39, 0.29) is 0 Å². The van der Waals surface area contributed by atoms with Gasteiger partial charge in [0.05, 0.1) is 6.10 Å². The third-order valence-electron chi connectivity index (χ3n) is 4.96.